The van der Waals surface area contributed by atoms with Crippen molar-refractivity contribution in [2.45, 2.75) is 0 Å². The summed E-state index contributed by atoms with van der Waals surface area (Å²) in [6, 6.07) is 7.71. The molecule has 2 aromatic rings. The van der Waals surface area contributed by atoms with E-state index in [1.807, 2.05) is 29.6 Å². The minimum atomic E-state index is 0.583. The van der Waals surface area contributed by atoms with E-state index >= 15 is 0 Å². The molecule has 0 fully saturated rings. The number of carbonyl (C=O) groups is 1. The van der Waals surface area contributed by atoms with E-state index in [2.05, 4.69) is 0 Å². The van der Waals surface area contributed by atoms with E-state index in [0.717, 1.165) is 33.8 Å². The number of fused-ring (bicyclic) bond motifs is 1. The molecule has 17 heavy (non-hydrogen) atoms. The quantitative estimate of drug-likeness (QED) is 0.764. The summed E-state index contributed by atoms with van der Waals surface area (Å²) in [6.07, 6.45) is 0.867. The molecule has 0 spiro atoms. The summed E-state index contributed by atoms with van der Waals surface area (Å²) in [6.45, 7) is 1.18. The van der Waals surface area contributed by atoms with Crippen LogP contribution >= 0.6 is 11.3 Å². The van der Waals surface area contributed by atoms with E-state index in [1.165, 1.54) is 11.3 Å². The molecule has 1 aliphatic rings. The molecule has 0 unspecified atom stereocenters. The Hall–Kier alpha value is -1.81. The molecular formula is C13H10O3S. The third kappa shape index (κ3) is 1.91. The summed E-state index contributed by atoms with van der Waals surface area (Å²) in [5, 5.41) is 1.97. The van der Waals surface area contributed by atoms with Gasteiger partial charge in [-0.15, -0.1) is 11.3 Å². The molecule has 0 saturated carbocycles. The zero-order valence-corrected chi connectivity index (χ0v) is 9.83. The third-order valence-electron chi connectivity index (χ3n) is 2.61. The van der Waals surface area contributed by atoms with Crippen molar-refractivity contribution in [1.82, 2.24) is 0 Å². The van der Waals surface area contributed by atoms with Crippen LogP contribution in [0.15, 0.2) is 29.6 Å². The summed E-state index contributed by atoms with van der Waals surface area (Å²) in [5.41, 5.74) is 2.08. The molecule has 0 radical (unpaired) electrons. The van der Waals surface area contributed by atoms with Crippen LogP contribution in [0.25, 0.3) is 11.1 Å². The molecule has 0 bridgehead atoms. The Kier molecular flexibility index (Phi) is 2.57. The second kappa shape index (κ2) is 4.22. The van der Waals surface area contributed by atoms with Crippen LogP contribution in [0.1, 0.15) is 9.67 Å². The van der Waals surface area contributed by atoms with Crippen LogP contribution in [0.3, 0.4) is 0 Å². The summed E-state index contributed by atoms with van der Waals surface area (Å²) < 4.78 is 11.0. The van der Waals surface area contributed by atoms with E-state index < -0.39 is 0 Å². The molecule has 4 heteroatoms. The van der Waals surface area contributed by atoms with Gasteiger partial charge in [0.1, 0.15) is 13.2 Å². The van der Waals surface area contributed by atoms with Gasteiger partial charge >= 0.3 is 0 Å². The van der Waals surface area contributed by atoms with Crippen LogP contribution in [-0.2, 0) is 0 Å². The monoisotopic (exact) mass is 246 g/mol. The number of hydrogen-bond donors (Lipinski definition) is 0. The second-order valence-corrected chi connectivity index (χ2v) is 4.66. The smallest absolute Gasteiger partial charge is 0.161 e. The maximum absolute atomic E-state index is 10.6. The topological polar surface area (TPSA) is 35.5 Å². The number of hydrogen-bond acceptors (Lipinski definition) is 4. The predicted octanol–water partition coefficient (Wildman–Crippen LogP) is 3.00. The molecule has 2 heterocycles. The summed E-state index contributed by atoms with van der Waals surface area (Å²) >= 11 is 1.44. The number of ether oxygens (including phenoxy) is 2. The number of carbonyl (C=O) groups excluding carboxylic acids is 1. The first kappa shape index (κ1) is 10.4. The minimum absolute atomic E-state index is 0.583. The fourth-order valence-corrected chi connectivity index (χ4v) is 2.51. The molecule has 3 nitrogen and oxygen atoms in total. The second-order valence-electron chi connectivity index (χ2n) is 3.71. The lowest BCUT2D eigenvalue weighted by atomic mass is 10.1. The standard InChI is InChI=1S/C13H10O3S/c14-7-11-5-10(8-17-11)9-1-2-12-13(6-9)16-4-3-15-12/h1-2,5-8H,3-4H2. The third-order valence-corrected chi connectivity index (χ3v) is 3.47. The molecule has 0 amide bonds. The Balaban J connectivity index is 2.00. The van der Waals surface area contributed by atoms with E-state index in [0.29, 0.717) is 13.2 Å². The van der Waals surface area contributed by atoms with Crippen molar-refractivity contribution >= 4 is 17.6 Å². The van der Waals surface area contributed by atoms with Gasteiger partial charge in [0.05, 0.1) is 4.88 Å². The Labute approximate surface area is 103 Å². The van der Waals surface area contributed by atoms with Gasteiger partial charge in [0, 0.05) is 0 Å². The first-order chi connectivity index (χ1) is 8.36. The Morgan fingerprint density at radius 2 is 1.88 bits per heavy atom. The van der Waals surface area contributed by atoms with Crippen LogP contribution in [0.5, 0.6) is 11.5 Å². The van der Waals surface area contributed by atoms with Crippen molar-refractivity contribution in [2.75, 3.05) is 13.2 Å². The zero-order chi connectivity index (χ0) is 11.7. The lowest BCUT2D eigenvalue weighted by molar-refractivity contribution is 0.112. The van der Waals surface area contributed by atoms with Gasteiger partial charge in [0.15, 0.2) is 17.8 Å². The molecule has 3 rings (SSSR count). The first-order valence-corrected chi connectivity index (χ1v) is 6.18. The molecule has 1 aliphatic heterocycles. The normalized spacial score (nSPS) is 13.4. The van der Waals surface area contributed by atoms with E-state index in [-0.39, 0.29) is 0 Å². The largest absolute Gasteiger partial charge is 0.486 e. The predicted molar refractivity (Wildman–Crippen MR) is 66.1 cm³/mol. The van der Waals surface area contributed by atoms with Crippen molar-refractivity contribution in [3.05, 3.63) is 34.5 Å². The van der Waals surface area contributed by atoms with Crippen LogP contribution in [0.4, 0.5) is 0 Å². The fraction of sp³-hybridized carbons (Fsp3) is 0.154. The highest BCUT2D eigenvalue weighted by Crippen LogP contribution is 2.35. The summed E-state index contributed by atoms with van der Waals surface area (Å²) in [4.78, 5) is 11.4. The average Bonchev–Trinajstić information content (AvgIpc) is 2.87. The number of benzene rings is 1. The summed E-state index contributed by atoms with van der Waals surface area (Å²) in [5.74, 6) is 1.55. The molecule has 0 atom stereocenters. The Morgan fingerprint density at radius 3 is 2.65 bits per heavy atom. The zero-order valence-electron chi connectivity index (χ0n) is 9.01. The van der Waals surface area contributed by atoms with Gasteiger partial charge in [-0.3, -0.25) is 4.79 Å². The van der Waals surface area contributed by atoms with Gasteiger partial charge in [-0.05, 0) is 34.7 Å². The maximum Gasteiger partial charge on any atom is 0.161 e. The van der Waals surface area contributed by atoms with Crippen molar-refractivity contribution in [3.63, 3.8) is 0 Å². The van der Waals surface area contributed by atoms with E-state index in [1.54, 1.807) is 0 Å². The van der Waals surface area contributed by atoms with Gasteiger partial charge in [-0.25, -0.2) is 0 Å². The van der Waals surface area contributed by atoms with Crippen molar-refractivity contribution in [1.29, 1.82) is 0 Å². The Bertz CT molecular complexity index is 560. The van der Waals surface area contributed by atoms with Gasteiger partial charge in [0.2, 0.25) is 0 Å². The molecule has 0 N–H and O–H groups in total. The SMILES string of the molecule is O=Cc1cc(-c2ccc3c(c2)OCCO3)cs1. The first-order valence-electron chi connectivity index (χ1n) is 5.30. The highest BCUT2D eigenvalue weighted by molar-refractivity contribution is 7.12. The van der Waals surface area contributed by atoms with E-state index in [9.17, 15) is 4.79 Å². The fourth-order valence-electron chi connectivity index (χ4n) is 1.79. The molecule has 1 aromatic heterocycles. The van der Waals surface area contributed by atoms with Crippen molar-refractivity contribution < 1.29 is 14.3 Å². The highest BCUT2D eigenvalue weighted by atomic mass is 32.1. The van der Waals surface area contributed by atoms with Crippen molar-refractivity contribution in [3.8, 4) is 22.6 Å². The van der Waals surface area contributed by atoms with Gasteiger partial charge in [0.25, 0.3) is 0 Å². The van der Waals surface area contributed by atoms with Crippen molar-refractivity contribution in [2.24, 2.45) is 0 Å². The molecule has 0 aliphatic carbocycles. The summed E-state index contributed by atoms with van der Waals surface area (Å²) in [7, 11) is 0. The van der Waals surface area contributed by atoms with Gasteiger partial charge in [-0.2, -0.15) is 0 Å². The lowest BCUT2D eigenvalue weighted by Crippen LogP contribution is -2.15. The van der Waals surface area contributed by atoms with Gasteiger partial charge in [-0.1, -0.05) is 6.07 Å². The van der Waals surface area contributed by atoms with Crippen LogP contribution in [-0.4, -0.2) is 19.5 Å². The highest BCUT2D eigenvalue weighted by Gasteiger charge is 2.12. The molecule has 1 aromatic carbocycles. The molecular weight excluding hydrogens is 236 g/mol. The molecule has 86 valence electrons. The van der Waals surface area contributed by atoms with E-state index in [4.69, 9.17) is 9.47 Å². The lowest BCUT2D eigenvalue weighted by Gasteiger charge is -2.18. The van der Waals surface area contributed by atoms with Gasteiger partial charge < -0.3 is 9.47 Å². The Morgan fingerprint density at radius 1 is 1.06 bits per heavy atom. The van der Waals surface area contributed by atoms with Crippen LogP contribution in [0, 0.1) is 0 Å². The number of rotatable bonds is 2. The average molecular weight is 246 g/mol. The number of thiophene rings is 1. The minimum Gasteiger partial charge on any atom is -0.486 e. The maximum atomic E-state index is 10.6. The number of aldehydes is 1. The van der Waals surface area contributed by atoms with Crippen LogP contribution < -0.4 is 9.47 Å². The van der Waals surface area contributed by atoms with Crippen LogP contribution in [0.2, 0.25) is 0 Å². The molecule has 0 saturated heterocycles.